The molecule has 5 heteroatoms. The lowest BCUT2D eigenvalue weighted by atomic mass is 10.0. The molecule has 0 aliphatic carbocycles. The molecule has 2 rings (SSSR count). The molecule has 0 unspecified atom stereocenters. The van der Waals surface area contributed by atoms with Gasteiger partial charge in [-0.3, -0.25) is 0 Å². The van der Waals surface area contributed by atoms with Crippen LogP contribution in [0.4, 0.5) is 13.2 Å². The van der Waals surface area contributed by atoms with Crippen LogP contribution in [0.2, 0.25) is 5.02 Å². The van der Waals surface area contributed by atoms with E-state index in [1.54, 1.807) is 30.3 Å². The first-order valence-electron chi connectivity index (χ1n) is 5.51. The Bertz CT molecular complexity index is 672. The first-order valence-corrected chi connectivity index (χ1v) is 5.88. The summed E-state index contributed by atoms with van der Waals surface area (Å²) in [6, 6.07) is 10.7. The number of alkyl halides is 3. The smallest absolute Gasteiger partial charge is 0.406 e. The van der Waals surface area contributed by atoms with Gasteiger partial charge in [0.25, 0.3) is 0 Å². The number of hydrogen-bond acceptors (Lipinski definition) is 1. The fourth-order valence-corrected chi connectivity index (χ4v) is 1.90. The van der Waals surface area contributed by atoms with E-state index in [9.17, 15) is 13.2 Å². The number of hydrogen-bond donors (Lipinski definition) is 0. The predicted molar refractivity (Wildman–Crippen MR) is 71.5 cm³/mol. The van der Waals surface area contributed by atoms with Gasteiger partial charge in [-0.25, -0.2) is 0 Å². The largest absolute Gasteiger partial charge is 0.573 e. The third-order valence-electron chi connectivity index (χ3n) is 2.46. The highest BCUT2D eigenvalue weighted by molar-refractivity contribution is 6.30. The van der Waals surface area contributed by atoms with Crippen LogP contribution in [-0.2, 0) is 0 Å². The zero-order chi connectivity index (χ0) is 14.8. The van der Waals surface area contributed by atoms with Gasteiger partial charge in [0.05, 0.1) is 0 Å². The summed E-state index contributed by atoms with van der Waals surface area (Å²) in [7, 11) is 0. The zero-order valence-corrected chi connectivity index (χ0v) is 10.8. The van der Waals surface area contributed by atoms with E-state index in [0.717, 1.165) is 6.07 Å². The number of halogens is 4. The molecule has 0 aromatic heterocycles. The van der Waals surface area contributed by atoms with E-state index in [1.165, 1.54) is 6.07 Å². The summed E-state index contributed by atoms with van der Waals surface area (Å²) < 4.78 is 40.7. The summed E-state index contributed by atoms with van der Waals surface area (Å²) in [5, 5.41) is 0.479. The van der Waals surface area contributed by atoms with Gasteiger partial charge in [-0.15, -0.1) is 19.6 Å². The molecular formula is C15H8ClF3O. The fraction of sp³-hybridized carbons (Fsp3) is 0.0667. The molecule has 0 N–H and O–H groups in total. The maximum absolute atomic E-state index is 12.3. The Hall–Kier alpha value is -2.12. The third-order valence-corrected chi connectivity index (χ3v) is 2.70. The van der Waals surface area contributed by atoms with Crippen LogP contribution >= 0.6 is 11.6 Å². The van der Waals surface area contributed by atoms with Crippen LogP contribution in [0, 0.1) is 12.3 Å². The molecule has 102 valence electrons. The van der Waals surface area contributed by atoms with E-state index >= 15 is 0 Å². The van der Waals surface area contributed by atoms with E-state index in [1.807, 2.05) is 0 Å². The van der Waals surface area contributed by atoms with Crippen molar-refractivity contribution in [2.45, 2.75) is 6.36 Å². The topological polar surface area (TPSA) is 9.23 Å². The average molecular weight is 297 g/mol. The molecule has 1 nitrogen and oxygen atoms in total. The van der Waals surface area contributed by atoms with Crippen LogP contribution < -0.4 is 4.74 Å². The molecule has 0 amide bonds. The first kappa shape index (κ1) is 14.3. The van der Waals surface area contributed by atoms with Crippen molar-refractivity contribution in [3.05, 3.63) is 53.1 Å². The summed E-state index contributed by atoms with van der Waals surface area (Å²) in [6.07, 6.45) is 0.481. The van der Waals surface area contributed by atoms with Crippen molar-refractivity contribution in [1.82, 2.24) is 0 Å². The van der Waals surface area contributed by atoms with Gasteiger partial charge in [-0.1, -0.05) is 29.7 Å². The molecule has 2 aromatic carbocycles. The second kappa shape index (κ2) is 5.48. The molecule has 2 aromatic rings. The first-order chi connectivity index (χ1) is 9.37. The molecule has 0 saturated heterocycles. The standard InChI is InChI=1S/C15H8ClF3O/c1-2-10-6-12(11-4-3-5-13(16)8-11)9-14(7-10)20-15(17,18)19/h1,3-9H. The normalized spacial score (nSPS) is 10.9. The molecule has 0 fully saturated rings. The summed E-state index contributed by atoms with van der Waals surface area (Å²) in [6.45, 7) is 0. The molecule has 0 saturated carbocycles. The van der Waals surface area contributed by atoms with Gasteiger partial charge in [0.1, 0.15) is 5.75 Å². The lowest BCUT2D eigenvalue weighted by molar-refractivity contribution is -0.274. The molecule has 0 bridgehead atoms. The Morgan fingerprint density at radius 2 is 1.80 bits per heavy atom. The fourth-order valence-electron chi connectivity index (χ4n) is 1.71. The quantitative estimate of drug-likeness (QED) is 0.717. The van der Waals surface area contributed by atoms with Crippen LogP contribution in [0.1, 0.15) is 5.56 Å². The molecule has 0 radical (unpaired) electrons. The minimum absolute atomic E-state index is 0.293. The predicted octanol–water partition coefficient (Wildman–Crippen LogP) is 4.89. The number of terminal acetylenes is 1. The summed E-state index contributed by atoms with van der Waals surface area (Å²) >= 11 is 5.86. The summed E-state index contributed by atoms with van der Waals surface area (Å²) in [5.41, 5.74) is 1.45. The Morgan fingerprint density at radius 3 is 2.40 bits per heavy atom. The number of ether oxygens (including phenoxy) is 1. The lowest BCUT2D eigenvalue weighted by Gasteiger charge is -2.11. The SMILES string of the molecule is C#Cc1cc(OC(F)(F)F)cc(-c2cccc(Cl)c2)c1. The van der Waals surface area contributed by atoms with Gasteiger partial charge < -0.3 is 4.74 Å². The highest BCUT2D eigenvalue weighted by Crippen LogP contribution is 2.30. The van der Waals surface area contributed by atoms with E-state index in [-0.39, 0.29) is 5.75 Å². The van der Waals surface area contributed by atoms with Gasteiger partial charge in [0.2, 0.25) is 0 Å². The van der Waals surface area contributed by atoms with E-state index in [4.69, 9.17) is 18.0 Å². The van der Waals surface area contributed by atoms with Crippen molar-refractivity contribution in [3.63, 3.8) is 0 Å². The monoisotopic (exact) mass is 296 g/mol. The third kappa shape index (κ3) is 3.69. The van der Waals surface area contributed by atoms with Crippen LogP contribution in [0.5, 0.6) is 5.75 Å². The molecule has 0 aliphatic rings. The summed E-state index contributed by atoms with van der Waals surface area (Å²) in [5.74, 6) is 1.94. The van der Waals surface area contributed by atoms with Crippen molar-refractivity contribution in [1.29, 1.82) is 0 Å². The average Bonchev–Trinajstić information content (AvgIpc) is 2.36. The summed E-state index contributed by atoms with van der Waals surface area (Å²) in [4.78, 5) is 0. The maximum atomic E-state index is 12.3. The van der Waals surface area contributed by atoms with Crippen LogP contribution in [-0.4, -0.2) is 6.36 Å². The van der Waals surface area contributed by atoms with Crippen molar-refractivity contribution >= 4 is 11.6 Å². The maximum Gasteiger partial charge on any atom is 0.573 e. The Kier molecular flexibility index (Phi) is 3.91. The van der Waals surface area contributed by atoms with E-state index in [0.29, 0.717) is 21.7 Å². The van der Waals surface area contributed by atoms with Crippen molar-refractivity contribution in [2.75, 3.05) is 0 Å². The van der Waals surface area contributed by atoms with Crippen molar-refractivity contribution in [3.8, 4) is 29.2 Å². The van der Waals surface area contributed by atoms with Gasteiger partial charge in [0, 0.05) is 10.6 Å². The molecule has 0 aliphatic heterocycles. The Balaban J connectivity index is 2.49. The van der Waals surface area contributed by atoms with E-state index < -0.39 is 6.36 Å². The highest BCUT2D eigenvalue weighted by atomic mass is 35.5. The van der Waals surface area contributed by atoms with E-state index in [2.05, 4.69) is 10.7 Å². The molecular weight excluding hydrogens is 289 g/mol. The second-order valence-corrected chi connectivity index (χ2v) is 4.38. The van der Waals surface area contributed by atoms with Gasteiger partial charge >= 0.3 is 6.36 Å². The van der Waals surface area contributed by atoms with Crippen LogP contribution in [0.15, 0.2) is 42.5 Å². The van der Waals surface area contributed by atoms with Crippen molar-refractivity contribution < 1.29 is 17.9 Å². The minimum atomic E-state index is -4.77. The van der Waals surface area contributed by atoms with Gasteiger partial charge in [0.15, 0.2) is 0 Å². The molecule has 0 spiro atoms. The number of rotatable bonds is 2. The zero-order valence-electron chi connectivity index (χ0n) is 10.0. The van der Waals surface area contributed by atoms with Gasteiger partial charge in [-0.05, 0) is 41.5 Å². The van der Waals surface area contributed by atoms with Crippen LogP contribution in [0.3, 0.4) is 0 Å². The second-order valence-electron chi connectivity index (χ2n) is 3.95. The molecule has 0 heterocycles. The number of benzene rings is 2. The van der Waals surface area contributed by atoms with Gasteiger partial charge in [-0.2, -0.15) is 0 Å². The molecule has 20 heavy (non-hydrogen) atoms. The molecule has 0 atom stereocenters. The Labute approximate surface area is 118 Å². The highest BCUT2D eigenvalue weighted by Gasteiger charge is 2.31. The minimum Gasteiger partial charge on any atom is -0.406 e. The van der Waals surface area contributed by atoms with Crippen molar-refractivity contribution in [2.24, 2.45) is 0 Å². The van der Waals surface area contributed by atoms with Crippen LogP contribution in [0.25, 0.3) is 11.1 Å². The Morgan fingerprint density at radius 1 is 1.05 bits per heavy atom. The lowest BCUT2D eigenvalue weighted by Crippen LogP contribution is -2.17.